The quantitative estimate of drug-likeness (QED) is 0.741. The van der Waals surface area contributed by atoms with Crippen molar-refractivity contribution in [2.24, 2.45) is 11.8 Å². The van der Waals surface area contributed by atoms with Gasteiger partial charge in [-0.25, -0.2) is 0 Å². The Morgan fingerprint density at radius 1 is 1.11 bits per heavy atom. The number of likely N-dealkylation sites (tertiary alicyclic amines) is 1. The Morgan fingerprint density at radius 3 is 2.33 bits per heavy atom. The van der Waals surface area contributed by atoms with Crippen molar-refractivity contribution in [2.45, 2.75) is 32.6 Å². The van der Waals surface area contributed by atoms with Gasteiger partial charge >= 0.3 is 0 Å². The lowest BCUT2D eigenvalue weighted by Crippen LogP contribution is -2.29. The first-order valence-corrected chi connectivity index (χ1v) is 7.10. The van der Waals surface area contributed by atoms with Gasteiger partial charge in [0.05, 0.1) is 0 Å². The first-order chi connectivity index (χ1) is 8.75. The molecule has 0 radical (unpaired) electrons. The van der Waals surface area contributed by atoms with Crippen molar-refractivity contribution in [3.05, 3.63) is 35.4 Å². The number of nitrogens with zero attached hydrogens (tertiary/aromatic N) is 1. The Hall–Kier alpha value is -1.31. The topological polar surface area (TPSA) is 20.3 Å². The van der Waals surface area contributed by atoms with E-state index in [0.29, 0.717) is 0 Å². The standard InChI is InChI=1S/C16H21NO/c1-12-6-2-5-9-15(12)16(18)17-10-13-7-3-4-8-14(13)11-17/h2,5-6,9,13-14H,3-4,7-8,10-11H2,1H3. The van der Waals surface area contributed by atoms with Gasteiger partial charge in [-0.1, -0.05) is 31.0 Å². The van der Waals surface area contributed by atoms with Crippen LogP contribution >= 0.6 is 0 Å². The zero-order valence-corrected chi connectivity index (χ0v) is 11.1. The monoisotopic (exact) mass is 243 g/mol. The van der Waals surface area contributed by atoms with Crippen molar-refractivity contribution in [3.63, 3.8) is 0 Å². The molecular formula is C16H21NO. The molecule has 1 amide bonds. The highest BCUT2D eigenvalue weighted by Gasteiger charge is 2.36. The number of hydrogen-bond donors (Lipinski definition) is 0. The second-order valence-corrected chi connectivity index (χ2v) is 5.83. The molecule has 0 N–H and O–H groups in total. The smallest absolute Gasteiger partial charge is 0.254 e. The van der Waals surface area contributed by atoms with Gasteiger partial charge in [-0.2, -0.15) is 0 Å². The van der Waals surface area contributed by atoms with E-state index < -0.39 is 0 Å². The molecule has 2 atom stereocenters. The Kier molecular flexibility index (Phi) is 3.11. The van der Waals surface area contributed by atoms with Crippen LogP contribution in [0.15, 0.2) is 24.3 Å². The van der Waals surface area contributed by atoms with Crippen molar-refractivity contribution in [2.75, 3.05) is 13.1 Å². The minimum absolute atomic E-state index is 0.238. The summed E-state index contributed by atoms with van der Waals surface area (Å²) in [4.78, 5) is 14.6. The Bertz CT molecular complexity index is 440. The number of fused-ring (bicyclic) bond motifs is 1. The maximum absolute atomic E-state index is 12.5. The van der Waals surface area contributed by atoms with Crippen LogP contribution in [0.25, 0.3) is 0 Å². The second kappa shape index (κ2) is 4.75. The first kappa shape index (κ1) is 11.8. The summed E-state index contributed by atoms with van der Waals surface area (Å²) in [5.74, 6) is 1.78. The lowest BCUT2D eigenvalue weighted by molar-refractivity contribution is 0.0783. The molecule has 2 fully saturated rings. The number of hydrogen-bond acceptors (Lipinski definition) is 1. The molecule has 1 aromatic rings. The summed E-state index contributed by atoms with van der Waals surface area (Å²) >= 11 is 0. The highest BCUT2D eigenvalue weighted by Crippen LogP contribution is 2.36. The van der Waals surface area contributed by atoms with Crippen LogP contribution in [0.1, 0.15) is 41.6 Å². The Balaban J connectivity index is 1.76. The van der Waals surface area contributed by atoms with Gasteiger partial charge in [0.2, 0.25) is 0 Å². The van der Waals surface area contributed by atoms with Crippen LogP contribution in [0, 0.1) is 18.8 Å². The molecule has 2 nitrogen and oxygen atoms in total. The van der Waals surface area contributed by atoms with E-state index in [1.165, 1.54) is 25.7 Å². The summed E-state index contributed by atoms with van der Waals surface area (Å²) in [5.41, 5.74) is 1.98. The third-order valence-electron chi connectivity index (χ3n) is 4.64. The Morgan fingerprint density at radius 2 is 1.72 bits per heavy atom. The second-order valence-electron chi connectivity index (χ2n) is 5.83. The van der Waals surface area contributed by atoms with Crippen LogP contribution in [0.4, 0.5) is 0 Å². The fourth-order valence-corrected chi connectivity index (χ4v) is 3.55. The third-order valence-corrected chi connectivity index (χ3v) is 4.64. The summed E-state index contributed by atoms with van der Waals surface area (Å²) in [5, 5.41) is 0. The fraction of sp³-hybridized carbons (Fsp3) is 0.562. The van der Waals surface area contributed by atoms with Gasteiger partial charge in [0, 0.05) is 18.7 Å². The molecular weight excluding hydrogens is 222 g/mol. The summed E-state index contributed by atoms with van der Waals surface area (Å²) < 4.78 is 0. The van der Waals surface area contributed by atoms with Crippen molar-refractivity contribution in [3.8, 4) is 0 Å². The van der Waals surface area contributed by atoms with Crippen molar-refractivity contribution < 1.29 is 4.79 Å². The van der Waals surface area contributed by atoms with E-state index in [0.717, 1.165) is 36.1 Å². The Labute approximate surface area is 109 Å². The fourth-order valence-electron chi connectivity index (χ4n) is 3.55. The van der Waals surface area contributed by atoms with Gasteiger partial charge in [-0.3, -0.25) is 4.79 Å². The minimum atomic E-state index is 0.238. The van der Waals surface area contributed by atoms with Gasteiger partial charge in [-0.05, 0) is 43.2 Å². The molecule has 0 spiro atoms. The molecule has 2 aliphatic rings. The van der Waals surface area contributed by atoms with Crippen molar-refractivity contribution >= 4 is 5.91 Å². The average molecular weight is 243 g/mol. The summed E-state index contributed by atoms with van der Waals surface area (Å²) in [6, 6.07) is 7.94. The highest BCUT2D eigenvalue weighted by molar-refractivity contribution is 5.95. The van der Waals surface area contributed by atoms with E-state index in [9.17, 15) is 4.79 Å². The number of aryl methyl sites for hydroxylation is 1. The number of benzene rings is 1. The van der Waals surface area contributed by atoms with Crippen LogP contribution in [-0.2, 0) is 0 Å². The van der Waals surface area contributed by atoms with Crippen LogP contribution in [0.2, 0.25) is 0 Å². The van der Waals surface area contributed by atoms with Crippen molar-refractivity contribution in [1.82, 2.24) is 4.90 Å². The van der Waals surface area contributed by atoms with Crippen molar-refractivity contribution in [1.29, 1.82) is 0 Å². The van der Waals surface area contributed by atoms with E-state index >= 15 is 0 Å². The van der Waals surface area contributed by atoms with Crippen LogP contribution in [-0.4, -0.2) is 23.9 Å². The molecule has 2 unspecified atom stereocenters. The molecule has 1 saturated heterocycles. The van der Waals surface area contributed by atoms with Gasteiger partial charge in [0.1, 0.15) is 0 Å². The van der Waals surface area contributed by atoms with Gasteiger partial charge in [-0.15, -0.1) is 0 Å². The van der Waals surface area contributed by atoms with E-state index in [4.69, 9.17) is 0 Å². The predicted molar refractivity (Wildman–Crippen MR) is 72.5 cm³/mol. The van der Waals surface area contributed by atoms with Gasteiger partial charge in [0.15, 0.2) is 0 Å². The van der Waals surface area contributed by atoms with E-state index in [1.54, 1.807) is 0 Å². The molecule has 18 heavy (non-hydrogen) atoms. The normalized spacial score (nSPS) is 27.1. The molecule has 1 saturated carbocycles. The zero-order chi connectivity index (χ0) is 12.5. The summed E-state index contributed by atoms with van der Waals surface area (Å²) in [6.07, 6.45) is 5.35. The molecule has 1 aliphatic heterocycles. The number of carbonyl (C=O) groups excluding carboxylic acids is 1. The molecule has 0 bridgehead atoms. The maximum Gasteiger partial charge on any atom is 0.254 e. The third kappa shape index (κ3) is 2.05. The molecule has 2 heteroatoms. The summed E-state index contributed by atoms with van der Waals surface area (Å²) in [6.45, 7) is 3.99. The lowest BCUT2D eigenvalue weighted by Gasteiger charge is -2.22. The average Bonchev–Trinajstić information content (AvgIpc) is 2.82. The lowest BCUT2D eigenvalue weighted by atomic mass is 9.82. The maximum atomic E-state index is 12.5. The molecule has 1 aromatic carbocycles. The molecule has 3 rings (SSSR count). The number of carbonyl (C=O) groups is 1. The zero-order valence-electron chi connectivity index (χ0n) is 11.1. The molecule has 1 heterocycles. The highest BCUT2D eigenvalue weighted by atomic mass is 16.2. The predicted octanol–water partition coefficient (Wildman–Crippen LogP) is 3.26. The number of amides is 1. The molecule has 0 aromatic heterocycles. The largest absolute Gasteiger partial charge is 0.338 e. The van der Waals surface area contributed by atoms with E-state index in [-0.39, 0.29) is 5.91 Å². The molecule has 1 aliphatic carbocycles. The van der Waals surface area contributed by atoms with E-state index in [2.05, 4.69) is 4.90 Å². The van der Waals surface area contributed by atoms with Crippen LogP contribution < -0.4 is 0 Å². The summed E-state index contributed by atoms with van der Waals surface area (Å²) in [7, 11) is 0. The van der Waals surface area contributed by atoms with Crippen LogP contribution in [0.5, 0.6) is 0 Å². The first-order valence-electron chi connectivity index (χ1n) is 7.10. The SMILES string of the molecule is Cc1ccccc1C(=O)N1CC2CCCCC2C1. The van der Waals surface area contributed by atoms with Gasteiger partial charge in [0.25, 0.3) is 5.91 Å². The van der Waals surface area contributed by atoms with Crippen LogP contribution in [0.3, 0.4) is 0 Å². The van der Waals surface area contributed by atoms with E-state index in [1.807, 2.05) is 31.2 Å². The van der Waals surface area contributed by atoms with Gasteiger partial charge < -0.3 is 4.90 Å². The number of rotatable bonds is 1. The minimum Gasteiger partial charge on any atom is -0.338 e. The molecule has 96 valence electrons.